The lowest BCUT2D eigenvalue weighted by atomic mass is 9.94. The molecule has 1 aromatic rings. The predicted octanol–water partition coefficient (Wildman–Crippen LogP) is 4.71. The summed E-state index contributed by atoms with van der Waals surface area (Å²) in [5.41, 5.74) is 3.91. The molecule has 27 heavy (non-hydrogen) atoms. The number of carbonyl (C=O) groups excluding carboxylic acids is 1. The molecule has 3 heteroatoms. The first-order valence-corrected chi connectivity index (χ1v) is 10.3. The van der Waals surface area contributed by atoms with Crippen molar-refractivity contribution in [3.05, 3.63) is 54.1 Å². The Balaban J connectivity index is 2.04. The van der Waals surface area contributed by atoms with Gasteiger partial charge in [0.1, 0.15) is 6.29 Å². The molecule has 2 unspecified atom stereocenters. The Bertz CT molecular complexity index is 625. The normalized spacial score (nSPS) is 19.0. The molecule has 1 aliphatic rings. The fourth-order valence-corrected chi connectivity index (χ4v) is 4.14. The number of piperidine rings is 1. The van der Waals surface area contributed by atoms with Crippen LogP contribution in [0.1, 0.15) is 55.2 Å². The van der Waals surface area contributed by atoms with Crippen LogP contribution in [0.4, 0.5) is 0 Å². The van der Waals surface area contributed by atoms with Gasteiger partial charge in [0.2, 0.25) is 0 Å². The molecule has 2 rings (SSSR count). The zero-order valence-electron chi connectivity index (χ0n) is 17.2. The molecular formula is C24H36N2O. The number of rotatable bonds is 11. The number of benzene rings is 1. The second-order valence-corrected chi connectivity index (χ2v) is 7.87. The van der Waals surface area contributed by atoms with Crippen LogP contribution in [0.5, 0.6) is 0 Å². The van der Waals surface area contributed by atoms with E-state index in [-0.39, 0.29) is 6.04 Å². The minimum atomic E-state index is 0.215. The van der Waals surface area contributed by atoms with Gasteiger partial charge in [-0.25, -0.2) is 0 Å². The monoisotopic (exact) mass is 368 g/mol. The molecule has 0 aromatic heterocycles. The smallest absolute Gasteiger partial charge is 0.120 e. The predicted molar refractivity (Wildman–Crippen MR) is 116 cm³/mol. The Kier molecular flexibility index (Phi) is 8.96. The molecule has 0 N–H and O–H groups in total. The molecular weight excluding hydrogens is 332 g/mol. The number of aryl methyl sites for hydroxylation is 1. The lowest BCUT2D eigenvalue weighted by molar-refractivity contribution is -0.108. The molecule has 148 valence electrons. The van der Waals surface area contributed by atoms with Crippen molar-refractivity contribution < 1.29 is 4.79 Å². The molecule has 0 spiro atoms. The average Bonchev–Trinajstić information content (AvgIpc) is 2.68. The largest absolute Gasteiger partial charge is 0.303 e. The highest BCUT2D eigenvalue weighted by molar-refractivity contribution is 5.53. The van der Waals surface area contributed by atoms with Gasteiger partial charge in [-0.05, 0) is 69.4 Å². The summed E-state index contributed by atoms with van der Waals surface area (Å²) >= 11 is 0. The van der Waals surface area contributed by atoms with Gasteiger partial charge >= 0.3 is 0 Å². The lowest BCUT2D eigenvalue weighted by Gasteiger charge is -2.32. The molecule has 1 fully saturated rings. The number of likely N-dealkylation sites (tertiary alicyclic amines) is 1. The van der Waals surface area contributed by atoms with Crippen molar-refractivity contribution in [1.82, 2.24) is 9.80 Å². The van der Waals surface area contributed by atoms with Crippen molar-refractivity contribution in [2.75, 3.05) is 20.6 Å². The molecule has 0 radical (unpaired) electrons. The van der Waals surface area contributed by atoms with E-state index in [0.29, 0.717) is 6.42 Å². The molecule has 1 saturated heterocycles. The zero-order valence-corrected chi connectivity index (χ0v) is 17.2. The van der Waals surface area contributed by atoms with Crippen LogP contribution in [0.3, 0.4) is 0 Å². The molecule has 1 aliphatic heterocycles. The summed E-state index contributed by atoms with van der Waals surface area (Å²) < 4.78 is 0. The SMILES string of the molecule is C=Cc1ccc(CCC2CCCCN2C)cc1CN(C)C(C=C)CCC=O. The summed E-state index contributed by atoms with van der Waals surface area (Å²) in [6, 6.07) is 7.73. The van der Waals surface area contributed by atoms with Crippen molar-refractivity contribution in [2.45, 2.75) is 63.6 Å². The highest BCUT2D eigenvalue weighted by atomic mass is 16.1. The van der Waals surface area contributed by atoms with Gasteiger partial charge in [-0.1, -0.05) is 43.4 Å². The minimum Gasteiger partial charge on any atom is -0.303 e. The first kappa shape index (κ1) is 21.6. The van der Waals surface area contributed by atoms with E-state index >= 15 is 0 Å². The Hall–Kier alpha value is -1.71. The maximum atomic E-state index is 10.7. The summed E-state index contributed by atoms with van der Waals surface area (Å²) in [5, 5.41) is 0. The van der Waals surface area contributed by atoms with Crippen LogP contribution in [0.25, 0.3) is 6.08 Å². The molecule has 1 aromatic carbocycles. The minimum absolute atomic E-state index is 0.215. The number of likely N-dealkylation sites (N-methyl/N-ethyl adjacent to an activating group) is 1. The van der Waals surface area contributed by atoms with Crippen molar-refractivity contribution in [2.24, 2.45) is 0 Å². The van der Waals surface area contributed by atoms with Crippen LogP contribution >= 0.6 is 0 Å². The first-order valence-electron chi connectivity index (χ1n) is 10.3. The van der Waals surface area contributed by atoms with E-state index in [1.807, 2.05) is 12.2 Å². The lowest BCUT2D eigenvalue weighted by Crippen LogP contribution is -2.36. The first-order chi connectivity index (χ1) is 13.1. The van der Waals surface area contributed by atoms with Gasteiger partial charge in [0, 0.05) is 25.0 Å². The summed E-state index contributed by atoms with van der Waals surface area (Å²) in [4.78, 5) is 15.5. The van der Waals surface area contributed by atoms with Crippen LogP contribution in [-0.2, 0) is 17.8 Å². The zero-order chi connectivity index (χ0) is 19.6. The number of carbonyl (C=O) groups is 1. The maximum absolute atomic E-state index is 10.7. The Labute approximate surface area is 165 Å². The quantitative estimate of drug-likeness (QED) is 0.417. The highest BCUT2D eigenvalue weighted by Gasteiger charge is 2.19. The van der Waals surface area contributed by atoms with Gasteiger partial charge < -0.3 is 9.69 Å². The van der Waals surface area contributed by atoms with Crippen LogP contribution in [0.15, 0.2) is 37.4 Å². The van der Waals surface area contributed by atoms with Gasteiger partial charge in [0.15, 0.2) is 0 Å². The fraction of sp³-hybridized carbons (Fsp3) is 0.542. The fourth-order valence-electron chi connectivity index (χ4n) is 4.14. The number of hydrogen-bond acceptors (Lipinski definition) is 3. The highest BCUT2D eigenvalue weighted by Crippen LogP contribution is 2.22. The topological polar surface area (TPSA) is 23.6 Å². The van der Waals surface area contributed by atoms with E-state index in [1.165, 1.54) is 48.9 Å². The third-order valence-electron chi connectivity index (χ3n) is 5.95. The van der Waals surface area contributed by atoms with Gasteiger partial charge in [-0.2, -0.15) is 0 Å². The van der Waals surface area contributed by atoms with E-state index in [4.69, 9.17) is 0 Å². The van der Waals surface area contributed by atoms with Gasteiger partial charge in [-0.3, -0.25) is 4.90 Å². The van der Waals surface area contributed by atoms with E-state index in [2.05, 4.69) is 55.3 Å². The van der Waals surface area contributed by atoms with Crippen LogP contribution < -0.4 is 0 Å². The molecule has 0 aliphatic carbocycles. The molecule has 0 bridgehead atoms. The van der Waals surface area contributed by atoms with E-state index < -0.39 is 0 Å². The van der Waals surface area contributed by atoms with E-state index in [9.17, 15) is 4.79 Å². The van der Waals surface area contributed by atoms with E-state index in [1.54, 1.807) is 0 Å². The van der Waals surface area contributed by atoms with Crippen LogP contribution in [0.2, 0.25) is 0 Å². The summed E-state index contributed by atoms with van der Waals surface area (Å²) in [6.45, 7) is 10.0. The maximum Gasteiger partial charge on any atom is 0.120 e. The Morgan fingerprint density at radius 3 is 2.81 bits per heavy atom. The summed E-state index contributed by atoms with van der Waals surface area (Å²) in [6.07, 6.45) is 12.7. The van der Waals surface area contributed by atoms with E-state index in [0.717, 1.165) is 31.7 Å². The number of hydrogen-bond donors (Lipinski definition) is 0. The number of aldehydes is 1. The standard InChI is InChI=1S/C24H36N2O/c1-5-21-14-12-20(13-15-24-10-7-8-16-25(24)3)18-22(21)19-26(4)23(6-2)11-9-17-27/h5-6,12,14,17-18,23-24H,1-2,7-11,13,15-16,19H2,3-4H3. The van der Waals surface area contributed by atoms with Gasteiger partial charge in [0.25, 0.3) is 0 Å². The molecule has 2 atom stereocenters. The third kappa shape index (κ3) is 6.44. The van der Waals surface area contributed by atoms with Crippen LogP contribution in [-0.4, -0.2) is 48.8 Å². The van der Waals surface area contributed by atoms with Gasteiger partial charge in [-0.15, -0.1) is 6.58 Å². The van der Waals surface area contributed by atoms with Gasteiger partial charge in [0.05, 0.1) is 0 Å². The molecule has 1 heterocycles. The Morgan fingerprint density at radius 1 is 1.33 bits per heavy atom. The van der Waals surface area contributed by atoms with Crippen LogP contribution in [0, 0.1) is 0 Å². The second-order valence-electron chi connectivity index (χ2n) is 7.87. The number of nitrogens with zero attached hydrogens (tertiary/aromatic N) is 2. The van der Waals surface area contributed by atoms with Crippen molar-refractivity contribution in [1.29, 1.82) is 0 Å². The summed E-state index contributed by atoms with van der Waals surface area (Å²) in [7, 11) is 4.37. The molecule has 3 nitrogen and oxygen atoms in total. The van der Waals surface area contributed by atoms with Crippen molar-refractivity contribution in [3.63, 3.8) is 0 Å². The molecule has 0 amide bonds. The van der Waals surface area contributed by atoms with Crippen molar-refractivity contribution in [3.8, 4) is 0 Å². The van der Waals surface area contributed by atoms with Crippen molar-refractivity contribution >= 4 is 12.4 Å². The molecule has 0 saturated carbocycles. The average molecular weight is 369 g/mol. The summed E-state index contributed by atoms with van der Waals surface area (Å²) in [5.74, 6) is 0. The second kappa shape index (κ2) is 11.2. The Morgan fingerprint density at radius 2 is 2.15 bits per heavy atom. The third-order valence-corrected chi connectivity index (χ3v) is 5.95.